The highest BCUT2D eigenvalue weighted by atomic mass is 16.7. The zero-order chi connectivity index (χ0) is 22.9. The number of nitrogens with zero attached hydrogens (tertiary/aromatic N) is 2. The molecule has 10 heteroatoms. The van der Waals surface area contributed by atoms with Crippen LogP contribution in [0.4, 0.5) is 0 Å². The highest BCUT2D eigenvalue weighted by Gasteiger charge is 2.22. The standard InChI is InChI=1S/C20H22N2O4.C2H2O4/c23-20(14-24-17-4-2-1-3-5-17)22-10-8-21(9-11-22)13-16-6-7-18-19(12-16)26-15-25-18;3-1(4)2(5)6/h1-7,12H,8-11,13-15H2;(H,3,4)(H,5,6). The van der Waals surface area contributed by atoms with E-state index in [2.05, 4.69) is 11.0 Å². The third-order valence-corrected chi connectivity index (χ3v) is 4.86. The van der Waals surface area contributed by atoms with E-state index in [0.29, 0.717) is 6.79 Å². The molecule has 1 fully saturated rings. The van der Waals surface area contributed by atoms with Crippen LogP contribution in [0.5, 0.6) is 17.2 Å². The summed E-state index contributed by atoms with van der Waals surface area (Å²) in [4.78, 5) is 34.7. The summed E-state index contributed by atoms with van der Waals surface area (Å²) in [6, 6.07) is 15.5. The Hall–Kier alpha value is -3.79. The molecule has 10 nitrogen and oxygen atoms in total. The first-order chi connectivity index (χ1) is 15.4. The Morgan fingerprint density at radius 1 is 0.875 bits per heavy atom. The van der Waals surface area contributed by atoms with Gasteiger partial charge in [-0.15, -0.1) is 0 Å². The van der Waals surface area contributed by atoms with Gasteiger partial charge in [0.05, 0.1) is 0 Å². The summed E-state index contributed by atoms with van der Waals surface area (Å²) in [5, 5.41) is 14.8. The zero-order valence-corrected chi connectivity index (χ0v) is 17.3. The minimum Gasteiger partial charge on any atom is -0.484 e. The normalized spacial score (nSPS) is 14.8. The third kappa shape index (κ3) is 6.61. The predicted molar refractivity (Wildman–Crippen MR) is 112 cm³/mol. The van der Waals surface area contributed by atoms with Gasteiger partial charge in [-0.2, -0.15) is 0 Å². The molecule has 0 atom stereocenters. The first-order valence-corrected chi connectivity index (χ1v) is 9.95. The second kappa shape index (κ2) is 11.0. The Morgan fingerprint density at radius 2 is 1.53 bits per heavy atom. The van der Waals surface area contributed by atoms with E-state index in [9.17, 15) is 4.79 Å². The van der Waals surface area contributed by atoms with E-state index in [1.807, 2.05) is 47.4 Å². The van der Waals surface area contributed by atoms with Crippen LogP contribution in [0.3, 0.4) is 0 Å². The smallest absolute Gasteiger partial charge is 0.414 e. The first kappa shape index (κ1) is 22.9. The van der Waals surface area contributed by atoms with E-state index in [1.54, 1.807) is 0 Å². The minimum absolute atomic E-state index is 0.0385. The van der Waals surface area contributed by atoms with E-state index >= 15 is 0 Å². The number of carbonyl (C=O) groups is 3. The van der Waals surface area contributed by atoms with Gasteiger partial charge in [-0.25, -0.2) is 9.59 Å². The molecule has 0 spiro atoms. The maximum absolute atomic E-state index is 12.3. The molecule has 0 bridgehead atoms. The number of carboxylic acid groups (broad SMARTS) is 2. The van der Waals surface area contributed by atoms with Crippen molar-refractivity contribution in [3.05, 3.63) is 54.1 Å². The van der Waals surface area contributed by atoms with Crippen molar-refractivity contribution in [1.29, 1.82) is 0 Å². The second-order valence-corrected chi connectivity index (χ2v) is 7.06. The molecule has 2 heterocycles. The molecule has 2 aromatic rings. The fourth-order valence-corrected chi connectivity index (χ4v) is 3.21. The Kier molecular flexibility index (Phi) is 7.87. The monoisotopic (exact) mass is 444 g/mol. The van der Waals surface area contributed by atoms with Gasteiger partial charge in [0.25, 0.3) is 5.91 Å². The van der Waals surface area contributed by atoms with Gasteiger partial charge in [-0.05, 0) is 29.8 Å². The van der Waals surface area contributed by atoms with Gasteiger partial charge in [0.15, 0.2) is 18.1 Å². The molecule has 0 radical (unpaired) electrons. The number of carboxylic acids is 2. The number of rotatable bonds is 5. The topological polar surface area (TPSA) is 126 Å². The number of fused-ring (bicyclic) bond motifs is 1. The van der Waals surface area contributed by atoms with Crippen molar-refractivity contribution in [2.45, 2.75) is 6.54 Å². The molecule has 0 saturated carbocycles. The Morgan fingerprint density at radius 3 is 2.19 bits per heavy atom. The lowest BCUT2D eigenvalue weighted by atomic mass is 10.1. The summed E-state index contributed by atoms with van der Waals surface area (Å²) >= 11 is 0. The number of hydrogen-bond acceptors (Lipinski definition) is 7. The highest BCUT2D eigenvalue weighted by molar-refractivity contribution is 6.27. The van der Waals surface area contributed by atoms with Gasteiger partial charge < -0.3 is 29.3 Å². The molecule has 170 valence electrons. The fraction of sp³-hybridized carbons (Fsp3) is 0.318. The minimum atomic E-state index is -1.82. The van der Waals surface area contributed by atoms with Crippen molar-refractivity contribution in [3.63, 3.8) is 0 Å². The Bertz CT molecular complexity index is 930. The average Bonchev–Trinajstić information content (AvgIpc) is 3.27. The van der Waals surface area contributed by atoms with E-state index in [-0.39, 0.29) is 12.5 Å². The van der Waals surface area contributed by atoms with Crippen molar-refractivity contribution >= 4 is 17.8 Å². The number of aliphatic carboxylic acids is 2. The second-order valence-electron chi connectivity index (χ2n) is 7.06. The maximum atomic E-state index is 12.3. The average molecular weight is 444 g/mol. The SMILES string of the molecule is O=C(COc1ccccc1)N1CCN(Cc2ccc3c(c2)OCO3)CC1.O=C(O)C(=O)O. The van der Waals surface area contributed by atoms with Crippen LogP contribution in [0.1, 0.15) is 5.56 Å². The summed E-state index contributed by atoms with van der Waals surface area (Å²) in [7, 11) is 0. The molecule has 4 rings (SSSR count). The molecule has 0 aliphatic carbocycles. The summed E-state index contributed by atoms with van der Waals surface area (Å²) in [6.07, 6.45) is 0. The lowest BCUT2D eigenvalue weighted by Gasteiger charge is -2.34. The largest absolute Gasteiger partial charge is 0.484 e. The first-order valence-electron chi connectivity index (χ1n) is 9.95. The molecule has 1 amide bonds. The van der Waals surface area contributed by atoms with E-state index < -0.39 is 11.9 Å². The lowest BCUT2D eigenvalue weighted by molar-refractivity contribution is -0.159. The van der Waals surface area contributed by atoms with Gasteiger partial charge in [-0.3, -0.25) is 9.69 Å². The summed E-state index contributed by atoms with van der Waals surface area (Å²) in [5.41, 5.74) is 1.20. The van der Waals surface area contributed by atoms with Crippen LogP contribution in [0.25, 0.3) is 0 Å². The predicted octanol–water partition coefficient (Wildman–Crippen LogP) is 1.29. The number of para-hydroxylation sites is 1. The molecular formula is C22H24N2O8. The fourth-order valence-electron chi connectivity index (χ4n) is 3.21. The summed E-state index contributed by atoms with van der Waals surface area (Å²) in [6.45, 7) is 4.39. The third-order valence-electron chi connectivity index (χ3n) is 4.86. The quantitative estimate of drug-likeness (QED) is 0.656. The zero-order valence-electron chi connectivity index (χ0n) is 17.3. The Labute approximate surface area is 184 Å². The molecule has 32 heavy (non-hydrogen) atoms. The molecular weight excluding hydrogens is 420 g/mol. The van der Waals surface area contributed by atoms with Gasteiger partial charge in [-0.1, -0.05) is 24.3 Å². The number of carbonyl (C=O) groups excluding carboxylic acids is 1. The number of benzene rings is 2. The number of piperazine rings is 1. The van der Waals surface area contributed by atoms with E-state index in [4.69, 9.17) is 34.0 Å². The molecule has 0 aromatic heterocycles. The van der Waals surface area contributed by atoms with Crippen molar-refractivity contribution in [1.82, 2.24) is 9.80 Å². The van der Waals surface area contributed by atoms with Crippen LogP contribution in [0.15, 0.2) is 48.5 Å². The maximum Gasteiger partial charge on any atom is 0.414 e. The lowest BCUT2D eigenvalue weighted by Crippen LogP contribution is -2.49. The van der Waals surface area contributed by atoms with Crippen LogP contribution >= 0.6 is 0 Å². The van der Waals surface area contributed by atoms with Crippen molar-refractivity contribution < 1.29 is 38.8 Å². The van der Waals surface area contributed by atoms with E-state index in [1.165, 1.54) is 5.56 Å². The molecule has 2 aromatic carbocycles. The van der Waals surface area contributed by atoms with E-state index in [0.717, 1.165) is 50.0 Å². The summed E-state index contributed by atoms with van der Waals surface area (Å²) in [5.74, 6) is -1.26. The van der Waals surface area contributed by atoms with Crippen LogP contribution < -0.4 is 14.2 Å². The van der Waals surface area contributed by atoms with Crippen LogP contribution in [-0.4, -0.2) is 77.4 Å². The molecule has 2 N–H and O–H groups in total. The molecule has 0 unspecified atom stereocenters. The van der Waals surface area contributed by atoms with Gasteiger partial charge in [0, 0.05) is 32.7 Å². The molecule has 1 saturated heterocycles. The number of amides is 1. The van der Waals surface area contributed by atoms with Crippen LogP contribution in [0, 0.1) is 0 Å². The van der Waals surface area contributed by atoms with Gasteiger partial charge in [0.1, 0.15) is 5.75 Å². The van der Waals surface area contributed by atoms with Crippen LogP contribution in [-0.2, 0) is 20.9 Å². The van der Waals surface area contributed by atoms with Crippen molar-refractivity contribution in [2.75, 3.05) is 39.6 Å². The summed E-state index contributed by atoms with van der Waals surface area (Å²) < 4.78 is 16.3. The molecule has 2 aliphatic heterocycles. The number of hydrogen-bond donors (Lipinski definition) is 2. The van der Waals surface area contributed by atoms with Crippen molar-refractivity contribution in [3.8, 4) is 17.2 Å². The highest BCUT2D eigenvalue weighted by Crippen LogP contribution is 2.32. The molecule has 2 aliphatic rings. The Balaban J connectivity index is 0.000000427. The van der Waals surface area contributed by atoms with Crippen LogP contribution in [0.2, 0.25) is 0 Å². The van der Waals surface area contributed by atoms with Crippen molar-refractivity contribution in [2.24, 2.45) is 0 Å². The van der Waals surface area contributed by atoms with Gasteiger partial charge >= 0.3 is 11.9 Å². The van der Waals surface area contributed by atoms with Gasteiger partial charge in [0.2, 0.25) is 6.79 Å². The number of ether oxygens (including phenoxy) is 3.